The maximum absolute atomic E-state index is 11.7. The van der Waals surface area contributed by atoms with Gasteiger partial charge in [-0.2, -0.15) is 0 Å². The fourth-order valence-electron chi connectivity index (χ4n) is 1.53. The first-order valence-electron chi connectivity index (χ1n) is 5.48. The van der Waals surface area contributed by atoms with E-state index in [9.17, 15) is 13.2 Å². The number of hydrogen-bond acceptors (Lipinski definition) is 5. The lowest BCUT2D eigenvalue weighted by Gasteiger charge is -2.02. The second-order valence-electron chi connectivity index (χ2n) is 4.07. The standard InChI is InChI=1S/C11H11ClN4O3S/c1-7-13-10(11(17)15-20(2,18)19)14-16(7)9-5-3-8(12)4-6-9/h3-6H,1-2H3,(H,15,17). The van der Waals surface area contributed by atoms with Gasteiger partial charge in [-0.15, -0.1) is 5.10 Å². The van der Waals surface area contributed by atoms with Gasteiger partial charge in [0.05, 0.1) is 11.9 Å². The molecule has 0 bridgehead atoms. The first kappa shape index (κ1) is 14.5. The Balaban J connectivity index is 2.35. The molecular formula is C11H11ClN4O3S. The van der Waals surface area contributed by atoms with E-state index in [-0.39, 0.29) is 5.82 Å². The Morgan fingerprint density at radius 2 is 1.90 bits per heavy atom. The number of aromatic nitrogens is 3. The zero-order valence-corrected chi connectivity index (χ0v) is 12.2. The van der Waals surface area contributed by atoms with Crippen LogP contribution in [-0.4, -0.2) is 35.3 Å². The minimum atomic E-state index is -3.65. The first-order valence-corrected chi connectivity index (χ1v) is 7.75. The second-order valence-corrected chi connectivity index (χ2v) is 6.26. The average molecular weight is 315 g/mol. The quantitative estimate of drug-likeness (QED) is 0.909. The minimum absolute atomic E-state index is 0.220. The molecule has 0 saturated heterocycles. The summed E-state index contributed by atoms with van der Waals surface area (Å²) in [4.78, 5) is 15.6. The number of halogens is 1. The van der Waals surface area contributed by atoms with Gasteiger partial charge in [0.1, 0.15) is 5.82 Å². The van der Waals surface area contributed by atoms with E-state index in [0.29, 0.717) is 16.5 Å². The molecule has 0 aliphatic rings. The zero-order valence-electron chi connectivity index (χ0n) is 10.7. The lowest BCUT2D eigenvalue weighted by atomic mass is 10.3. The summed E-state index contributed by atoms with van der Waals surface area (Å²) in [6, 6.07) is 6.77. The molecular weight excluding hydrogens is 304 g/mol. The Labute approximate surface area is 120 Å². The van der Waals surface area contributed by atoms with Crippen molar-refractivity contribution in [2.75, 3.05) is 6.26 Å². The lowest BCUT2D eigenvalue weighted by molar-refractivity contribution is 0.0971. The van der Waals surface area contributed by atoms with E-state index in [2.05, 4.69) is 10.1 Å². The summed E-state index contributed by atoms with van der Waals surface area (Å²) in [7, 11) is -3.65. The number of rotatable bonds is 3. The van der Waals surface area contributed by atoms with Crippen molar-refractivity contribution >= 4 is 27.5 Å². The van der Waals surface area contributed by atoms with Gasteiger partial charge in [-0.1, -0.05) is 11.6 Å². The van der Waals surface area contributed by atoms with Gasteiger partial charge in [-0.25, -0.2) is 22.8 Å². The van der Waals surface area contributed by atoms with Crippen molar-refractivity contribution in [2.45, 2.75) is 6.92 Å². The summed E-state index contributed by atoms with van der Waals surface area (Å²) < 4.78 is 25.2. The summed E-state index contributed by atoms with van der Waals surface area (Å²) in [5.41, 5.74) is 0.665. The molecule has 1 amide bonds. The molecule has 0 unspecified atom stereocenters. The van der Waals surface area contributed by atoms with Gasteiger partial charge in [0, 0.05) is 5.02 Å². The number of nitrogens with zero attached hydrogens (tertiary/aromatic N) is 3. The molecule has 0 spiro atoms. The molecule has 0 fully saturated rings. The fourth-order valence-corrected chi connectivity index (χ4v) is 2.08. The third kappa shape index (κ3) is 3.34. The molecule has 7 nitrogen and oxygen atoms in total. The maximum atomic E-state index is 11.7. The van der Waals surface area contributed by atoms with E-state index in [1.165, 1.54) is 4.68 Å². The fraction of sp³-hybridized carbons (Fsp3) is 0.182. The third-order valence-electron chi connectivity index (χ3n) is 2.32. The van der Waals surface area contributed by atoms with Crippen molar-refractivity contribution in [3.05, 3.63) is 40.9 Å². The van der Waals surface area contributed by atoms with Gasteiger partial charge in [-0.05, 0) is 31.2 Å². The van der Waals surface area contributed by atoms with Crippen molar-refractivity contribution < 1.29 is 13.2 Å². The highest BCUT2D eigenvalue weighted by molar-refractivity contribution is 7.89. The Bertz CT molecular complexity index is 752. The first-order chi connectivity index (χ1) is 9.26. The molecule has 1 aromatic heterocycles. The monoisotopic (exact) mass is 314 g/mol. The molecule has 2 aromatic rings. The number of sulfonamides is 1. The summed E-state index contributed by atoms with van der Waals surface area (Å²) in [5, 5.41) is 4.55. The number of hydrogen-bond donors (Lipinski definition) is 1. The van der Waals surface area contributed by atoms with Crippen LogP contribution in [0.1, 0.15) is 16.4 Å². The van der Waals surface area contributed by atoms with Crippen LogP contribution in [0.2, 0.25) is 5.02 Å². The Morgan fingerprint density at radius 3 is 2.45 bits per heavy atom. The van der Waals surface area contributed by atoms with Crippen LogP contribution in [0.15, 0.2) is 24.3 Å². The predicted octanol–water partition coefficient (Wildman–Crippen LogP) is 0.919. The van der Waals surface area contributed by atoms with Gasteiger partial charge in [0.2, 0.25) is 15.8 Å². The van der Waals surface area contributed by atoms with Gasteiger partial charge in [0.25, 0.3) is 0 Å². The molecule has 0 radical (unpaired) electrons. The lowest BCUT2D eigenvalue weighted by Crippen LogP contribution is -2.30. The van der Waals surface area contributed by atoms with E-state index in [1.54, 1.807) is 31.2 Å². The summed E-state index contributed by atoms with van der Waals surface area (Å²) >= 11 is 5.79. The highest BCUT2D eigenvalue weighted by atomic mass is 35.5. The van der Waals surface area contributed by atoms with Crippen LogP contribution < -0.4 is 4.72 Å². The Hall–Kier alpha value is -1.93. The molecule has 1 heterocycles. The molecule has 0 aliphatic heterocycles. The maximum Gasteiger partial charge on any atom is 0.304 e. The highest BCUT2D eigenvalue weighted by Gasteiger charge is 2.18. The molecule has 0 saturated carbocycles. The van der Waals surface area contributed by atoms with E-state index >= 15 is 0 Å². The van der Waals surface area contributed by atoms with Gasteiger partial charge in [-0.3, -0.25) is 4.79 Å². The van der Waals surface area contributed by atoms with Crippen LogP contribution in [0.25, 0.3) is 5.69 Å². The van der Waals surface area contributed by atoms with Crippen LogP contribution in [0, 0.1) is 6.92 Å². The topological polar surface area (TPSA) is 93.9 Å². The molecule has 9 heteroatoms. The second kappa shape index (κ2) is 5.22. The van der Waals surface area contributed by atoms with Crippen molar-refractivity contribution in [3.63, 3.8) is 0 Å². The van der Waals surface area contributed by atoms with Crippen LogP contribution in [0.5, 0.6) is 0 Å². The van der Waals surface area contributed by atoms with Crippen LogP contribution in [0.4, 0.5) is 0 Å². The molecule has 20 heavy (non-hydrogen) atoms. The zero-order chi connectivity index (χ0) is 14.9. The number of carbonyl (C=O) groups excluding carboxylic acids is 1. The highest BCUT2D eigenvalue weighted by Crippen LogP contribution is 2.14. The largest absolute Gasteiger partial charge is 0.304 e. The summed E-state index contributed by atoms with van der Waals surface area (Å²) in [6.07, 6.45) is 0.883. The van der Waals surface area contributed by atoms with Gasteiger partial charge in [0.15, 0.2) is 0 Å². The molecule has 106 valence electrons. The number of aryl methyl sites for hydroxylation is 1. The van der Waals surface area contributed by atoms with Crippen LogP contribution in [0.3, 0.4) is 0 Å². The molecule has 1 aromatic carbocycles. The van der Waals surface area contributed by atoms with Crippen LogP contribution >= 0.6 is 11.6 Å². The molecule has 1 N–H and O–H groups in total. The summed E-state index contributed by atoms with van der Waals surface area (Å²) in [5.74, 6) is -0.642. The van der Waals surface area contributed by atoms with E-state index in [1.807, 2.05) is 4.72 Å². The molecule has 2 rings (SSSR count). The van der Waals surface area contributed by atoms with E-state index in [0.717, 1.165) is 6.26 Å². The number of amides is 1. The Morgan fingerprint density at radius 1 is 1.30 bits per heavy atom. The normalized spacial score (nSPS) is 11.3. The number of carbonyl (C=O) groups is 1. The third-order valence-corrected chi connectivity index (χ3v) is 3.13. The SMILES string of the molecule is Cc1nc(C(=O)NS(C)(=O)=O)nn1-c1ccc(Cl)cc1. The van der Waals surface area contributed by atoms with Crippen LogP contribution in [-0.2, 0) is 10.0 Å². The average Bonchev–Trinajstić information content (AvgIpc) is 2.70. The number of benzene rings is 1. The van der Waals surface area contributed by atoms with E-state index in [4.69, 9.17) is 11.6 Å². The van der Waals surface area contributed by atoms with Crippen molar-refractivity contribution in [1.29, 1.82) is 0 Å². The minimum Gasteiger partial charge on any atom is -0.264 e. The Kier molecular flexibility index (Phi) is 3.78. The predicted molar refractivity (Wildman–Crippen MR) is 73.4 cm³/mol. The van der Waals surface area contributed by atoms with Gasteiger partial charge >= 0.3 is 5.91 Å². The molecule has 0 aliphatic carbocycles. The summed E-state index contributed by atoms with van der Waals surface area (Å²) in [6.45, 7) is 1.65. The van der Waals surface area contributed by atoms with E-state index < -0.39 is 15.9 Å². The van der Waals surface area contributed by atoms with Crippen molar-refractivity contribution in [2.24, 2.45) is 0 Å². The van der Waals surface area contributed by atoms with Crippen molar-refractivity contribution in [1.82, 2.24) is 19.5 Å². The van der Waals surface area contributed by atoms with Crippen molar-refractivity contribution in [3.8, 4) is 5.69 Å². The number of nitrogens with one attached hydrogen (secondary N) is 1. The van der Waals surface area contributed by atoms with Gasteiger partial charge < -0.3 is 0 Å². The molecule has 0 atom stereocenters. The smallest absolute Gasteiger partial charge is 0.264 e.